The first kappa shape index (κ1) is 15.7. The molecule has 0 radical (unpaired) electrons. The zero-order chi connectivity index (χ0) is 15.5. The summed E-state index contributed by atoms with van der Waals surface area (Å²) in [7, 11) is 0. The van der Waals surface area contributed by atoms with Crippen LogP contribution in [0.5, 0.6) is 0 Å². The monoisotopic (exact) mass is 310 g/mol. The maximum atomic E-state index is 11.9. The van der Waals surface area contributed by atoms with Gasteiger partial charge in [0.05, 0.1) is 25.2 Å². The van der Waals surface area contributed by atoms with Crippen LogP contribution in [0.3, 0.4) is 0 Å². The molecule has 3 atom stereocenters. The third-order valence-electron chi connectivity index (χ3n) is 4.77. The maximum absolute atomic E-state index is 11.9. The van der Waals surface area contributed by atoms with Gasteiger partial charge in [-0.3, -0.25) is 9.59 Å². The molecule has 6 heteroatoms. The van der Waals surface area contributed by atoms with Crippen LogP contribution in [-0.4, -0.2) is 48.3 Å². The molecule has 3 aliphatic rings. The minimum Gasteiger partial charge on any atom is -0.394 e. The fourth-order valence-electron chi connectivity index (χ4n) is 2.95. The molecule has 1 saturated heterocycles. The molecule has 3 fully saturated rings. The lowest BCUT2D eigenvalue weighted by Crippen LogP contribution is -2.51. The van der Waals surface area contributed by atoms with Crippen molar-refractivity contribution >= 4 is 11.8 Å². The Bertz CT molecular complexity index is 420. The van der Waals surface area contributed by atoms with E-state index in [0.29, 0.717) is 12.3 Å². The highest BCUT2D eigenvalue weighted by Crippen LogP contribution is 2.30. The van der Waals surface area contributed by atoms with Gasteiger partial charge in [0.1, 0.15) is 6.10 Å². The van der Waals surface area contributed by atoms with Gasteiger partial charge in [0.15, 0.2) is 0 Å². The number of amides is 2. The standard InChI is InChI=1S/C16H26N2O4/c19-9-14-13(18-16(21)11-3-4-11)6-5-12(22-14)7-15(20)17-8-10-1-2-10/h10-14,19H,1-9H2,(H,17,20)(H,18,21)/t12-,13+,14+/m0/s1. The van der Waals surface area contributed by atoms with Crippen LogP contribution in [-0.2, 0) is 14.3 Å². The van der Waals surface area contributed by atoms with E-state index in [1.807, 2.05) is 0 Å². The highest BCUT2D eigenvalue weighted by molar-refractivity contribution is 5.81. The van der Waals surface area contributed by atoms with Gasteiger partial charge in [-0.2, -0.15) is 0 Å². The number of aliphatic hydroxyl groups excluding tert-OH is 1. The second kappa shape index (κ2) is 6.96. The maximum Gasteiger partial charge on any atom is 0.223 e. The summed E-state index contributed by atoms with van der Waals surface area (Å²) in [5, 5.41) is 15.4. The average Bonchev–Trinajstić information content (AvgIpc) is 3.40. The predicted octanol–water partition coefficient (Wildman–Crippen LogP) is 0.337. The number of rotatable bonds is 7. The fourth-order valence-corrected chi connectivity index (χ4v) is 2.95. The van der Waals surface area contributed by atoms with Crippen molar-refractivity contribution in [2.75, 3.05) is 13.2 Å². The summed E-state index contributed by atoms with van der Waals surface area (Å²) in [6.45, 7) is 0.644. The summed E-state index contributed by atoms with van der Waals surface area (Å²) in [6, 6.07) is -0.135. The Labute approximate surface area is 131 Å². The third kappa shape index (κ3) is 4.43. The van der Waals surface area contributed by atoms with Gasteiger partial charge in [-0.25, -0.2) is 0 Å². The van der Waals surface area contributed by atoms with Crippen LogP contribution in [0, 0.1) is 11.8 Å². The summed E-state index contributed by atoms with van der Waals surface area (Å²) in [4.78, 5) is 23.7. The van der Waals surface area contributed by atoms with Gasteiger partial charge in [0, 0.05) is 12.5 Å². The molecule has 0 aromatic carbocycles. The molecule has 0 spiro atoms. The Morgan fingerprint density at radius 1 is 1.09 bits per heavy atom. The Morgan fingerprint density at radius 3 is 2.50 bits per heavy atom. The largest absolute Gasteiger partial charge is 0.394 e. The Kier molecular flexibility index (Phi) is 4.98. The molecule has 6 nitrogen and oxygen atoms in total. The zero-order valence-electron chi connectivity index (χ0n) is 12.9. The highest BCUT2D eigenvalue weighted by Gasteiger charge is 2.36. The minimum absolute atomic E-state index is 0.0223. The van der Waals surface area contributed by atoms with Gasteiger partial charge in [-0.15, -0.1) is 0 Å². The molecular weight excluding hydrogens is 284 g/mol. The van der Waals surface area contributed by atoms with Crippen molar-refractivity contribution in [3.63, 3.8) is 0 Å². The number of ether oxygens (including phenoxy) is 1. The van der Waals surface area contributed by atoms with Gasteiger partial charge in [0.2, 0.25) is 11.8 Å². The quantitative estimate of drug-likeness (QED) is 0.633. The Balaban J connectivity index is 1.41. The van der Waals surface area contributed by atoms with Gasteiger partial charge < -0.3 is 20.5 Å². The summed E-state index contributed by atoms with van der Waals surface area (Å²) in [5.74, 6) is 0.926. The van der Waals surface area contributed by atoms with Gasteiger partial charge in [0.25, 0.3) is 0 Å². The van der Waals surface area contributed by atoms with E-state index in [-0.39, 0.29) is 36.5 Å². The first-order chi connectivity index (χ1) is 10.7. The molecule has 0 unspecified atom stereocenters. The number of carbonyl (C=O) groups is 2. The summed E-state index contributed by atoms with van der Waals surface area (Å²) in [6.07, 6.45) is 5.63. The van der Waals surface area contributed by atoms with Gasteiger partial charge in [-0.1, -0.05) is 0 Å². The number of hydrogen-bond donors (Lipinski definition) is 3. The first-order valence-electron chi connectivity index (χ1n) is 8.49. The molecule has 2 saturated carbocycles. The molecule has 1 aliphatic heterocycles. The van der Waals surface area contributed by atoms with Crippen molar-refractivity contribution in [3.05, 3.63) is 0 Å². The van der Waals surface area contributed by atoms with Crippen molar-refractivity contribution in [1.82, 2.24) is 10.6 Å². The molecule has 1 heterocycles. The van der Waals surface area contributed by atoms with Crippen LogP contribution in [0.25, 0.3) is 0 Å². The summed E-state index contributed by atoms with van der Waals surface area (Å²) >= 11 is 0. The fraction of sp³-hybridized carbons (Fsp3) is 0.875. The highest BCUT2D eigenvalue weighted by atomic mass is 16.5. The smallest absolute Gasteiger partial charge is 0.223 e. The lowest BCUT2D eigenvalue weighted by atomic mass is 9.96. The number of aliphatic hydroxyl groups is 1. The molecule has 0 aromatic rings. The van der Waals surface area contributed by atoms with Crippen LogP contribution in [0.15, 0.2) is 0 Å². The van der Waals surface area contributed by atoms with Crippen molar-refractivity contribution < 1.29 is 19.4 Å². The first-order valence-corrected chi connectivity index (χ1v) is 8.49. The normalized spacial score (nSPS) is 31.6. The molecule has 22 heavy (non-hydrogen) atoms. The van der Waals surface area contributed by atoms with E-state index in [1.165, 1.54) is 12.8 Å². The number of nitrogens with one attached hydrogen (secondary N) is 2. The van der Waals surface area contributed by atoms with Crippen LogP contribution < -0.4 is 10.6 Å². The topological polar surface area (TPSA) is 87.7 Å². The lowest BCUT2D eigenvalue weighted by molar-refractivity contribution is -0.136. The summed E-state index contributed by atoms with van der Waals surface area (Å²) < 4.78 is 5.82. The SMILES string of the molecule is O=C(C[C@@H]1CC[C@@H](NC(=O)C2CC2)[C@@H](CO)O1)NCC1CC1. The molecular formula is C16H26N2O4. The number of carbonyl (C=O) groups excluding carboxylic acids is 2. The lowest BCUT2D eigenvalue weighted by Gasteiger charge is -2.36. The minimum atomic E-state index is -0.405. The van der Waals surface area contributed by atoms with E-state index < -0.39 is 6.10 Å². The molecule has 2 amide bonds. The van der Waals surface area contributed by atoms with Crippen LogP contribution >= 0.6 is 0 Å². The second-order valence-electron chi connectivity index (χ2n) is 6.90. The summed E-state index contributed by atoms with van der Waals surface area (Å²) in [5.41, 5.74) is 0. The predicted molar refractivity (Wildman–Crippen MR) is 80.0 cm³/mol. The van der Waals surface area contributed by atoms with Crippen LogP contribution in [0.4, 0.5) is 0 Å². The molecule has 3 rings (SSSR count). The van der Waals surface area contributed by atoms with E-state index in [1.54, 1.807) is 0 Å². The van der Waals surface area contributed by atoms with Crippen LogP contribution in [0.1, 0.15) is 44.9 Å². The second-order valence-corrected chi connectivity index (χ2v) is 6.90. The van der Waals surface area contributed by atoms with E-state index in [9.17, 15) is 14.7 Å². The Morgan fingerprint density at radius 2 is 1.86 bits per heavy atom. The third-order valence-corrected chi connectivity index (χ3v) is 4.77. The van der Waals surface area contributed by atoms with E-state index >= 15 is 0 Å². The Hall–Kier alpha value is -1.14. The zero-order valence-corrected chi connectivity index (χ0v) is 12.9. The van der Waals surface area contributed by atoms with E-state index in [4.69, 9.17) is 4.74 Å². The van der Waals surface area contributed by atoms with Gasteiger partial charge in [-0.05, 0) is 44.4 Å². The molecule has 0 aromatic heterocycles. The molecule has 124 valence electrons. The number of hydrogen-bond acceptors (Lipinski definition) is 4. The van der Waals surface area contributed by atoms with E-state index in [0.717, 1.165) is 32.2 Å². The average molecular weight is 310 g/mol. The molecule has 3 N–H and O–H groups in total. The van der Waals surface area contributed by atoms with Crippen molar-refractivity contribution in [3.8, 4) is 0 Å². The van der Waals surface area contributed by atoms with Crippen molar-refractivity contribution in [2.45, 2.75) is 63.2 Å². The van der Waals surface area contributed by atoms with Crippen molar-refractivity contribution in [2.24, 2.45) is 11.8 Å². The van der Waals surface area contributed by atoms with Crippen molar-refractivity contribution in [1.29, 1.82) is 0 Å². The molecule has 0 bridgehead atoms. The molecule has 2 aliphatic carbocycles. The van der Waals surface area contributed by atoms with Gasteiger partial charge >= 0.3 is 0 Å². The van der Waals surface area contributed by atoms with E-state index in [2.05, 4.69) is 10.6 Å². The van der Waals surface area contributed by atoms with Crippen LogP contribution in [0.2, 0.25) is 0 Å².